The molecule has 0 saturated carbocycles. The van der Waals surface area contributed by atoms with Crippen molar-refractivity contribution in [2.75, 3.05) is 27.2 Å². The van der Waals surface area contributed by atoms with E-state index < -0.39 is 9.85 Å². The predicted molar refractivity (Wildman–Crippen MR) is 102 cm³/mol. The summed E-state index contributed by atoms with van der Waals surface area (Å²) in [5.41, 5.74) is 0.611. The second kappa shape index (κ2) is 9.11. The molecule has 0 aliphatic rings. The van der Waals surface area contributed by atoms with E-state index in [9.17, 15) is 30.4 Å². The minimum Gasteiger partial charge on any atom is -0.507 e. The molecule has 0 fully saturated rings. The zero-order chi connectivity index (χ0) is 20.8. The molecule has 0 amide bonds. The summed E-state index contributed by atoms with van der Waals surface area (Å²) in [4.78, 5) is 24.4. The van der Waals surface area contributed by atoms with Crippen molar-refractivity contribution in [3.05, 3.63) is 67.8 Å². The number of hydrogen-bond donors (Lipinski definition) is 2. The van der Waals surface area contributed by atoms with Crippen LogP contribution in [0.25, 0.3) is 0 Å². The molecule has 10 nitrogen and oxygen atoms in total. The smallest absolute Gasteiger partial charge is 0.273 e. The summed E-state index contributed by atoms with van der Waals surface area (Å²) in [5, 5.41) is 41.9. The number of likely N-dealkylation sites (N-methyl/N-ethyl adjacent to an activating group) is 1. The molecule has 0 heterocycles. The quantitative estimate of drug-likeness (QED) is 0.493. The van der Waals surface area contributed by atoms with Crippen LogP contribution in [-0.4, -0.2) is 57.0 Å². The van der Waals surface area contributed by atoms with Gasteiger partial charge < -0.3 is 15.1 Å². The molecule has 0 aliphatic heterocycles. The van der Waals surface area contributed by atoms with Gasteiger partial charge in [0.2, 0.25) is 0 Å². The van der Waals surface area contributed by atoms with Crippen LogP contribution in [0.1, 0.15) is 11.1 Å². The number of hydrogen-bond acceptors (Lipinski definition) is 8. The van der Waals surface area contributed by atoms with Gasteiger partial charge in [-0.15, -0.1) is 0 Å². The van der Waals surface area contributed by atoms with E-state index in [1.807, 2.05) is 23.9 Å². The number of nitro benzene ring substituents is 2. The van der Waals surface area contributed by atoms with Crippen LogP contribution in [0.2, 0.25) is 0 Å². The van der Waals surface area contributed by atoms with Gasteiger partial charge in [-0.05, 0) is 26.2 Å². The van der Waals surface area contributed by atoms with Gasteiger partial charge in [-0.25, -0.2) is 0 Å². The number of nitro groups is 2. The third-order valence-corrected chi connectivity index (χ3v) is 4.21. The lowest BCUT2D eigenvalue weighted by Crippen LogP contribution is -2.31. The van der Waals surface area contributed by atoms with Gasteiger partial charge >= 0.3 is 0 Å². The fourth-order valence-corrected chi connectivity index (χ4v) is 2.64. The Morgan fingerprint density at radius 1 is 0.821 bits per heavy atom. The summed E-state index contributed by atoms with van der Waals surface area (Å²) in [6, 6.07) is 7.83. The molecular formula is C18H22N4O6. The molecule has 0 saturated heterocycles. The first-order valence-electron chi connectivity index (χ1n) is 8.47. The van der Waals surface area contributed by atoms with Gasteiger partial charge in [0.25, 0.3) is 11.4 Å². The van der Waals surface area contributed by atoms with Crippen LogP contribution in [0.5, 0.6) is 11.5 Å². The summed E-state index contributed by atoms with van der Waals surface area (Å²) in [6.45, 7) is 1.85. The molecule has 28 heavy (non-hydrogen) atoms. The average molecular weight is 390 g/mol. The highest BCUT2D eigenvalue weighted by atomic mass is 16.6. The van der Waals surface area contributed by atoms with Crippen molar-refractivity contribution in [2.45, 2.75) is 13.1 Å². The Hall–Kier alpha value is -3.24. The molecule has 10 heteroatoms. The molecule has 2 aromatic rings. The Labute approximate surface area is 161 Å². The van der Waals surface area contributed by atoms with E-state index in [1.165, 1.54) is 24.3 Å². The van der Waals surface area contributed by atoms with Gasteiger partial charge in [-0.3, -0.25) is 25.1 Å². The van der Waals surface area contributed by atoms with Crippen LogP contribution in [0, 0.1) is 20.2 Å². The SMILES string of the molecule is CN(C)CCN(Cc1ccc([N+](=O)[O-])cc1O)Cc1ccc([N+](=O)[O-])cc1O. The van der Waals surface area contributed by atoms with Gasteiger partial charge in [-0.2, -0.15) is 0 Å². The maximum atomic E-state index is 10.8. The zero-order valence-corrected chi connectivity index (χ0v) is 15.6. The van der Waals surface area contributed by atoms with Crippen LogP contribution in [0.3, 0.4) is 0 Å². The van der Waals surface area contributed by atoms with Crippen LogP contribution in [0.4, 0.5) is 11.4 Å². The monoisotopic (exact) mass is 390 g/mol. The van der Waals surface area contributed by atoms with Crippen molar-refractivity contribution in [1.29, 1.82) is 0 Å². The van der Waals surface area contributed by atoms with E-state index >= 15 is 0 Å². The third kappa shape index (κ3) is 5.63. The largest absolute Gasteiger partial charge is 0.507 e. The minimum atomic E-state index is -0.581. The topological polar surface area (TPSA) is 133 Å². The Bertz CT molecular complexity index is 806. The molecule has 0 aliphatic carbocycles. The number of benzene rings is 2. The summed E-state index contributed by atoms with van der Waals surface area (Å²) >= 11 is 0. The van der Waals surface area contributed by atoms with Gasteiger partial charge in [0, 0.05) is 49.4 Å². The van der Waals surface area contributed by atoms with Gasteiger partial charge in [-0.1, -0.05) is 0 Å². The van der Waals surface area contributed by atoms with Crippen LogP contribution in [-0.2, 0) is 13.1 Å². The number of non-ortho nitro benzene ring substituents is 2. The molecule has 2 N–H and O–H groups in total. The van der Waals surface area contributed by atoms with Gasteiger partial charge in [0.05, 0.1) is 22.0 Å². The Kier molecular flexibility index (Phi) is 6.85. The van der Waals surface area contributed by atoms with E-state index in [1.54, 1.807) is 0 Å². The molecule has 0 atom stereocenters. The number of rotatable bonds is 9. The van der Waals surface area contributed by atoms with E-state index in [0.29, 0.717) is 24.2 Å². The molecule has 0 radical (unpaired) electrons. The minimum absolute atomic E-state index is 0.183. The predicted octanol–water partition coefficient (Wildman–Crippen LogP) is 2.48. The first kappa shape index (κ1) is 21.1. The average Bonchev–Trinajstić information content (AvgIpc) is 2.62. The second-order valence-corrected chi connectivity index (χ2v) is 6.65. The van der Waals surface area contributed by atoms with E-state index in [4.69, 9.17) is 0 Å². The van der Waals surface area contributed by atoms with Gasteiger partial charge in [0.1, 0.15) is 11.5 Å². The Balaban J connectivity index is 2.22. The second-order valence-electron chi connectivity index (χ2n) is 6.65. The maximum absolute atomic E-state index is 10.8. The number of phenolic OH excluding ortho intramolecular Hbond substituents is 2. The summed E-state index contributed by atoms with van der Waals surface area (Å²) in [6.07, 6.45) is 0. The number of phenols is 2. The van der Waals surface area contributed by atoms with Crippen molar-refractivity contribution >= 4 is 11.4 Å². The Morgan fingerprint density at radius 3 is 1.57 bits per heavy atom. The van der Waals surface area contributed by atoms with Crippen LogP contribution in [0.15, 0.2) is 36.4 Å². The molecule has 150 valence electrons. The lowest BCUT2D eigenvalue weighted by atomic mass is 10.1. The van der Waals surface area contributed by atoms with Crippen molar-refractivity contribution in [3.63, 3.8) is 0 Å². The standard InChI is InChI=1S/C18H22N4O6/c1-19(2)7-8-20(11-13-3-5-15(21(25)26)9-17(13)23)12-14-4-6-16(22(27)28)10-18(14)24/h3-6,9-10,23-24H,7-8,11-12H2,1-2H3. The molecule has 0 spiro atoms. The summed E-state index contributed by atoms with van der Waals surface area (Å²) in [5.74, 6) is -0.367. The van der Waals surface area contributed by atoms with Crippen LogP contribution < -0.4 is 0 Å². The molecule has 0 aromatic heterocycles. The maximum Gasteiger partial charge on any atom is 0.273 e. The Morgan fingerprint density at radius 2 is 1.25 bits per heavy atom. The fourth-order valence-electron chi connectivity index (χ4n) is 2.64. The fraction of sp³-hybridized carbons (Fsp3) is 0.333. The highest BCUT2D eigenvalue weighted by Crippen LogP contribution is 2.28. The number of nitrogens with zero attached hydrogens (tertiary/aromatic N) is 4. The molecule has 2 aromatic carbocycles. The molecule has 0 bridgehead atoms. The lowest BCUT2D eigenvalue weighted by molar-refractivity contribution is -0.385. The third-order valence-electron chi connectivity index (χ3n) is 4.21. The van der Waals surface area contributed by atoms with Gasteiger partial charge in [0.15, 0.2) is 0 Å². The van der Waals surface area contributed by atoms with Crippen molar-refractivity contribution in [1.82, 2.24) is 9.80 Å². The van der Waals surface area contributed by atoms with Crippen molar-refractivity contribution < 1.29 is 20.1 Å². The molecule has 2 rings (SSSR count). The molecule has 0 unspecified atom stereocenters. The molecular weight excluding hydrogens is 368 g/mol. The number of aromatic hydroxyl groups is 2. The van der Waals surface area contributed by atoms with Crippen molar-refractivity contribution in [3.8, 4) is 11.5 Å². The summed E-state index contributed by atoms with van der Waals surface area (Å²) < 4.78 is 0. The van der Waals surface area contributed by atoms with E-state index in [0.717, 1.165) is 12.1 Å². The normalized spacial score (nSPS) is 11.1. The highest BCUT2D eigenvalue weighted by molar-refractivity contribution is 5.44. The first-order chi connectivity index (χ1) is 13.2. The van der Waals surface area contributed by atoms with Crippen LogP contribution >= 0.6 is 0 Å². The highest BCUT2D eigenvalue weighted by Gasteiger charge is 2.17. The van der Waals surface area contributed by atoms with E-state index in [-0.39, 0.29) is 36.0 Å². The van der Waals surface area contributed by atoms with E-state index in [2.05, 4.69) is 0 Å². The summed E-state index contributed by atoms with van der Waals surface area (Å²) in [7, 11) is 3.82. The zero-order valence-electron chi connectivity index (χ0n) is 15.6. The lowest BCUT2D eigenvalue weighted by Gasteiger charge is -2.25. The first-order valence-corrected chi connectivity index (χ1v) is 8.47. The van der Waals surface area contributed by atoms with Crippen molar-refractivity contribution in [2.24, 2.45) is 0 Å².